The van der Waals surface area contributed by atoms with E-state index < -0.39 is 9.84 Å². The minimum Gasteiger partial charge on any atom is -0.340 e. The summed E-state index contributed by atoms with van der Waals surface area (Å²) in [7, 11) is -3.75. The van der Waals surface area contributed by atoms with Gasteiger partial charge in [0.25, 0.3) is 0 Å². The van der Waals surface area contributed by atoms with Crippen LogP contribution >= 0.6 is 15.9 Å². The summed E-state index contributed by atoms with van der Waals surface area (Å²) in [5.41, 5.74) is 2.57. The Bertz CT molecular complexity index is 1160. The van der Waals surface area contributed by atoms with Crippen LogP contribution in [0.4, 0.5) is 5.69 Å². The second-order valence-electron chi connectivity index (χ2n) is 8.77. The lowest BCUT2D eigenvalue weighted by Gasteiger charge is -2.34. The monoisotopic (exact) mass is 547 g/mol. The van der Waals surface area contributed by atoms with Crippen LogP contribution in [0.25, 0.3) is 0 Å². The molecule has 9 heteroatoms. The van der Waals surface area contributed by atoms with Crippen LogP contribution in [-0.4, -0.2) is 68.5 Å². The SMILES string of the molecule is CCC(=O)N1CCc2cc(Br)cc(S(=O)(=O)CCC(=O)N3CCN(Cc4ccccc4)CC3)c21. The topological polar surface area (TPSA) is 78.0 Å². The molecule has 1 fully saturated rings. The molecule has 0 atom stereocenters. The van der Waals surface area contributed by atoms with Gasteiger partial charge in [0.2, 0.25) is 11.8 Å². The van der Waals surface area contributed by atoms with Crippen molar-refractivity contribution in [3.63, 3.8) is 0 Å². The van der Waals surface area contributed by atoms with Gasteiger partial charge in [-0.2, -0.15) is 0 Å². The van der Waals surface area contributed by atoms with E-state index >= 15 is 0 Å². The van der Waals surface area contributed by atoms with Gasteiger partial charge >= 0.3 is 0 Å². The molecule has 2 aliphatic rings. The van der Waals surface area contributed by atoms with Crippen molar-refractivity contribution in [3.8, 4) is 0 Å². The summed E-state index contributed by atoms with van der Waals surface area (Å²) >= 11 is 3.41. The zero-order valence-electron chi connectivity index (χ0n) is 19.4. The van der Waals surface area contributed by atoms with Gasteiger partial charge in [0.05, 0.1) is 16.3 Å². The molecule has 1 saturated heterocycles. The van der Waals surface area contributed by atoms with Crippen molar-refractivity contribution in [3.05, 3.63) is 58.1 Å². The number of carbonyl (C=O) groups is 2. The summed E-state index contributed by atoms with van der Waals surface area (Å²) in [6.07, 6.45) is 0.864. The number of fused-ring (bicyclic) bond motifs is 1. The third kappa shape index (κ3) is 5.53. The molecule has 4 rings (SSSR count). The Morgan fingerprint density at radius 2 is 1.68 bits per heavy atom. The van der Waals surface area contributed by atoms with Crippen LogP contribution in [0.3, 0.4) is 0 Å². The molecule has 0 spiro atoms. The number of hydrogen-bond acceptors (Lipinski definition) is 5. The van der Waals surface area contributed by atoms with E-state index in [1.54, 1.807) is 22.8 Å². The van der Waals surface area contributed by atoms with Gasteiger partial charge in [-0.3, -0.25) is 14.5 Å². The molecule has 0 aromatic heterocycles. The van der Waals surface area contributed by atoms with E-state index in [1.807, 2.05) is 24.3 Å². The third-order valence-electron chi connectivity index (χ3n) is 6.49. The average molecular weight is 549 g/mol. The zero-order valence-corrected chi connectivity index (χ0v) is 21.8. The number of carbonyl (C=O) groups excluding carboxylic acids is 2. The van der Waals surface area contributed by atoms with E-state index in [9.17, 15) is 18.0 Å². The Morgan fingerprint density at radius 1 is 0.971 bits per heavy atom. The highest BCUT2D eigenvalue weighted by Gasteiger charge is 2.32. The fourth-order valence-corrected chi connectivity index (χ4v) is 6.80. The second kappa shape index (κ2) is 10.6. The standard InChI is InChI=1S/C25H30BrN3O4S/c1-2-23(30)29-10-8-20-16-21(26)17-22(25(20)29)34(32,33)15-9-24(31)28-13-11-27(12-14-28)18-19-6-4-3-5-7-19/h3-7,16-17H,2,8-15,18H2,1H3. The summed E-state index contributed by atoms with van der Waals surface area (Å²) in [6.45, 7) is 5.81. The molecule has 2 amide bonds. The molecule has 2 aromatic rings. The Kier molecular flexibility index (Phi) is 7.74. The lowest BCUT2D eigenvalue weighted by atomic mass is 10.2. The predicted octanol–water partition coefficient (Wildman–Crippen LogP) is 3.26. The number of halogens is 1. The largest absolute Gasteiger partial charge is 0.340 e. The molecular formula is C25H30BrN3O4S. The van der Waals surface area contributed by atoms with Gasteiger partial charge in [0, 0.05) is 56.6 Å². The summed E-state index contributed by atoms with van der Waals surface area (Å²) in [4.78, 5) is 31.0. The van der Waals surface area contributed by atoms with Crippen molar-refractivity contribution < 1.29 is 18.0 Å². The van der Waals surface area contributed by atoms with Crippen molar-refractivity contribution in [1.82, 2.24) is 9.80 Å². The first-order valence-electron chi connectivity index (χ1n) is 11.7. The third-order valence-corrected chi connectivity index (χ3v) is 8.67. The van der Waals surface area contributed by atoms with E-state index in [2.05, 4.69) is 33.0 Å². The number of amides is 2. The van der Waals surface area contributed by atoms with E-state index in [0.717, 1.165) is 25.2 Å². The van der Waals surface area contributed by atoms with Gasteiger partial charge in [-0.15, -0.1) is 0 Å². The highest BCUT2D eigenvalue weighted by atomic mass is 79.9. The fourth-order valence-electron chi connectivity index (χ4n) is 4.63. The van der Waals surface area contributed by atoms with E-state index in [0.29, 0.717) is 42.6 Å². The van der Waals surface area contributed by atoms with Crippen molar-refractivity contribution in [2.75, 3.05) is 43.4 Å². The van der Waals surface area contributed by atoms with Crippen LogP contribution in [0, 0.1) is 0 Å². The van der Waals surface area contributed by atoms with Crippen molar-refractivity contribution in [2.24, 2.45) is 0 Å². The molecular weight excluding hydrogens is 518 g/mol. The highest BCUT2D eigenvalue weighted by Crippen LogP contribution is 2.38. The number of sulfone groups is 1. The first-order chi connectivity index (χ1) is 16.3. The Morgan fingerprint density at radius 3 is 2.35 bits per heavy atom. The van der Waals surface area contributed by atoms with Crippen molar-refractivity contribution in [2.45, 2.75) is 37.6 Å². The van der Waals surface area contributed by atoms with Gasteiger partial charge in [0.1, 0.15) is 0 Å². The van der Waals surface area contributed by atoms with Crippen LogP contribution in [0.1, 0.15) is 30.9 Å². The maximum Gasteiger partial charge on any atom is 0.226 e. The molecule has 0 radical (unpaired) electrons. The van der Waals surface area contributed by atoms with Crippen LogP contribution < -0.4 is 4.90 Å². The molecule has 7 nitrogen and oxygen atoms in total. The quantitative estimate of drug-likeness (QED) is 0.531. The van der Waals surface area contributed by atoms with Crippen LogP contribution in [0.5, 0.6) is 0 Å². The number of hydrogen-bond donors (Lipinski definition) is 0. The van der Waals surface area contributed by atoms with Crippen molar-refractivity contribution >= 4 is 43.3 Å². The molecule has 2 aromatic carbocycles. The first kappa shape index (κ1) is 24.9. The minimum atomic E-state index is -3.75. The molecule has 0 aliphatic carbocycles. The number of nitrogens with zero attached hydrogens (tertiary/aromatic N) is 3. The Hall–Kier alpha value is -2.23. The minimum absolute atomic E-state index is 0.0654. The summed E-state index contributed by atoms with van der Waals surface area (Å²) in [6, 6.07) is 13.7. The van der Waals surface area contributed by atoms with Crippen LogP contribution in [0.15, 0.2) is 51.8 Å². The number of piperazine rings is 1. The molecule has 0 N–H and O–H groups in total. The highest BCUT2D eigenvalue weighted by molar-refractivity contribution is 9.10. The molecule has 2 heterocycles. The van der Waals surface area contributed by atoms with Crippen LogP contribution in [0.2, 0.25) is 0 Å². The average Bonchev–Trinajstić information content (AvgIpc) is 3.26. The smallest absolute Gasteiger partial charge is 0.226 e. The number of rotatable bonds is 7. The molecule has 2 aliphatic heterocycles. The molecule has 0 saturated carbocycles. The fraction of sp³-hybridized carbons (Fsp3) is 0.440. The lowest BCUT2D eigenvalue weighted by Crippen LogP contribution is -2.48. The number of anilines is 1. The Labute approximate surface area is 209 Å². The normalized spacial score (nSPS) is 16.5. The van der Waals surface area contributed by atoms with Gasteiger partial charge in [-0.05, 0) is 29.7 Å². The van der Waals surface area contributed by atoms with Gasteiger partial charge in [0.15, 0.2) is 9.84 Å². The summed E-state index contributed by atoms with van der Waals surface area (Å²) in [5, 5.41) is 0. The first-order valence-corrected chi connectivity index (χ1v) is 14.1. The maximum atomic E-state index is 13.3. The summed E-state index contributed by atoms with van der Waals surface area (Å²) in [5.74, 6) is -0.509. The lowest BCUT2D eigenvalue weighted by molar-refractivity contribution is -0.132. The molecule has 0 unspecified atom stereocenters. The molecule has 182 valence electrons. The number of benzene rings is 2. The maximum absolute atomic E-state index is 13.3. The molecule has 0 bridgehead atoms. The van der Waals surface area contributed by atoms with E-state index in [4.69, 9.17) is 0 Å². The van der Waals surface area contributed by atoms with Crippen LogP contribution in [-0.2, 0) is 32.4 Å². The van der Waals surface area contributed by atoms with Gasteiger partial charge < -0.3 is 9.80 Å². The predicted molar refractivity (Wildman–Crippen MR) is 135 cm³/mol. The van der Waals surface area contributed by atoms with E-state index in [1.165, 1.54) is 5.56 Å². The summed E-state index contributed by atoms with van der Waals surface area (Å²) < 4.78 is 27.3. The van der Waals surface area contributed by atoms with Crippen molar-refractivity contribution in [1.29, 1.82) is 0 Å². The van der Waals surface area contributed by atoms with E-state index in [-0.39, 0.29) is 28.9 Å². The van der Waals surface area contributed by atoms with Gasteiger partial charge in [-0.1, -0.05) is 53.2 Å². The Balaban J connectivity index is 1.39. The second-order valence-corrected chi connectivity index (χ2v) is 11.8. The van der Waals surface area contributed by atoms with Gasteiger partial charge in [-0.25, -0.2) is 8.42 Å². The zero-order chi connectivity index (χ0) is 24.3. The molecule has 34 heavy (non-hydrogen) atoms.